The molecule has 0 aromatic heterocycles. The van der Waals surface area contributed by atoms with Crippen LogP contribution in [0.2, 0.25) is 0 Å². The third-order valence-corrected chi connectivity index (χ3v) is 2.39. The van der Waals surface area contributed by atoms with Crippen LogP contribution in [0.4, 0.5) is 17.1 Å². The van der Waals surface area contributed by atoms with Gasteiger partial charge >= 0.3 is 0 Å². The lowest BCUT2D eigenvalue weighted by Crippen LogP contribution is -1.98. The fraction of sp³-hybridized carbons (Fsp3) is 0.143. The van der Waals surface area contributed by atoms with E-state index in [4.69, 9.17) is 10.5 Å². The summed E-state index contributed by atoms with van der Waals surface area (Å²) in [5, 5.41) is 3.26. The van der Waals surface area contributed by atoms with E-state index in [-0.39, 0.29) is 0 Å². The van der Waals surface area contributed by atoms with Gasteiger partial charge in [-0.1, -0.05) is 18.2 Å². The van der Waals surface area contributed by atoms with Gasteiger partial charge in [0, 0.05) is 11.8 Å². The number of hydrogen-bond donors (Lipinski definition) is 2. The highest BCUT2D eigenvalue weighted by Crippen LogP contribution is 2.27. The Morgan fingerprint density at radius 1 is 1.12 bits per heavy atom. The summed E-state index contributed by atoms with van der Waals surface area (Å²) in [6, 6.07) is 15.6. The molecule has 88 valence electrons. The van der Waals surface area contributed by atoms with Crippen molar-refractivity contribution in [2.45, 2.75) is 6.92 Å². The Labute approximate surface area is 101 Å². The molecule has 2 aromatic rings. The first-order valence-electron chi connectivity index (χ1n) is 5.64. The van der Waals surface area contributed by atoms with Crippen LogP contribution in [0.1, 0.15) is 6.92 Å². The number of benzene rings is 2. The van der Waals surface area contributed by atoms with Gasteiger partial charge in [-0.15, -0.1) is 0 Å². The van der Waals surface area contributed by atoms with Crippen molar-refractivity contribution in [2.75, 3.05) is 17.7 Å². The second-order valence-corrected chi connectivity index (χ2v) is 3.67. The molecule has 0 aliphatic carbocycles. The van der Waals surface area contributed by atoms with E-state index in [1.807, 2.05) is 55.5 Å². The molecule has 0 fully saturated rings. The summed E-state index contributed by atoms with van der Waals surface area (Å²) in [7, 11) is 0. The Hall–Kier alpha value is -2.16. The number of rotatable bonds is 4. The van der Waals surface area contributed by atoms with Gasteiger partial charge in [0.25, 0.3) is 0 Å². The Morgan fingerprint density at radius 2 is 1.88 bits per heavy atom. The Balaban J connectivity index is 2.17. The molecular weight excluding hydrogens is 212 g/mol. The topological polar surface area (TPSA) is 47.3 Å². The van der Waals surface area contributed by atoms with Gasteiger partial charge in [-0.05, 0) is 31.2 Å². The van der Waals surface area contributed by atoms with Crippen LogP contribution in [0.3, 0.4) is 0 Å². The monoisotopic (exact) mass is 228 g/mol. The first kappa shape index (κ1) is 11.3. The quantitative estimate of drug-likeness (QED) is 0.788. The number of ether oxygens (including phenoxy) is 1. The zero-order valence-electron chi connectivity index (χ0n) is 9.81. The van der Waals surface area contributed by atoms with Crippen LogP contribution in [-0.2, 0) is 0 Å². The molecular formula is C14H16N2O. The van der Waals surface area contributed by atoms with E-state index in [0.29, 0.717) is 12.3 Å². The SMILES string of the molecule is CCOc1ccc(Nc2ccccc2)c(N)c1. The van der Waals surface area contributed by atoms with Gasteiger partial charge in [-0.3, -0.25) is 0 Å². The molecule has 0 saturated heterocycles. The van der Waals surface area contributed by atoms with Crippen LogP contribution in [0.25, 0.3) is 0 Å². The van der Waals surface area contributed by atoms with Crippen LogP contribution in [-0.4, -0.2) is 6.61 Å². The fourth-order valence-corrected chi connectivity index (χ4v) is 1.59. The number of nitrogen functional groups attached to an aromatic ring is 1. The molecule has 0 amide bonds. The van der Waals surface area contributed by atoms with Crippen LogP contribution >= 0.6 is 0 Å². The second kappa shape index (κ2) is 5.25. The lowest BCUT2D eigenvalue weighted by Gasteiger charge is -2.11. The molecule has 17 heavy (non-hydrogen) atoms. The number of nitrogens with one attached hydrogen (secondary N) is 1. The van der Waals surface area contributed by atoms with E-state index in [2.05, 4.69) is 5.32 Å². The maximum Gasteiger partial charge on any atom is 0.121 e. The molecule has 3 N–H and O–H groups in total. The van der Waals surface area contributed by atoms with E-state index in [9.17, 15) is 0 Å². The second-order valence-electron chi connectivity index (χ2n) is 3.67. The van der Waals surface area contributed by atoms with E-state index in [0.717, 1.165) is 17.1 Å². The number of para-hydroxylation sites is 1. The van der Waals surface area contributed by atoms with Gasteiger partial charge < -0.3 is 15.8 Å². The lowest BCUT2D eigenvalue weighted by molar-refractivity contribution is 0.340. The van der Waals surface area contributed by atoms with Gasteiger partial charge in [0.2, 0.25) is 0 Å². The van der Waals surface area contributed by atoms with Gasteiger partial charge in [0.05, 0.1) is 18.0 Å². The largest absolute Gasteiger partial charge is 0.494 e. The van der Waals surface area contributed by atoms with Gasteiger partial charge in [-0.25, -0.2) is 0 Å². The first-order chi connectivity index (χ1) is 8.29. The van der Waals surface area contributed by atoms with Crippen molar-refractivity contribution in [3.8, 4) is 5.75 Å². The smallest absolute Gasteiger partial charge is 0.121 e. The van der Waals surface area contributed by atoms with Crippen molar-refractivity contribution in [3.63, 3.8) is 0 Å². The van der Waals surface area contributed by atoms with Crippen molar-refractivity contribution in [1.82, 2.24) is 0 Å². The minimum absolute atomic E-state index is 0.644. The predicted octanol–water partition coefficient (Wildman–Crippen LogP) is 3.41. The highest BCUT2D eigenvalue weighted by molar-refractivity contribution is 5.73. The fourth-order valence-electron chi connectivity index (χ4n) is 1.59. The maximum absolute atomic E-state index is 5.96. The zero-order chi connectivity index (χ0) is 12.1. The van der Waals surface area contributed by atoms with Gasteiger partial charge in [0.1, 0.15) is 5.75 Å². The highest BCUT2D eigenvalue weighted by atomic mass is 16.5. The van der Waals surface area contributed by atoms with Gasteiger partial charge in [-0.2, -0.15) is 0 Å². The van der Waals surface area contributed by atoms with E-state index in [1.165, 1.54) is 0 Å². The molecule has 0 radical (unpaired) electrons. The Kier molecular flexibility index (Phi) is 3.50. The Morgan fingerprint density at radius 3 is 2.53 bits per heavy atom. The minimum atomic E-state index is 0.644. The van der Waals surface area contributed by atoms with E-state index < -0.39 is 0 Å². The molecule has 2 aromatic carbocycles. The molecule has 3 heteroatoms. The van der Waals surface area contributed by atoms with E-state index in [1.54, 1.807) is 0 Å². The first-order valence-corrected chi connectivity index (χ1v) is 5.64. The molecule has 0 bridgehead atoms. The summed E-state index contributed by atoms with van der Waals surface area (Å²) in [4.78, 5) is 0. The van der Waals surface area contributed by atoms with Crippen LogP contribution in [0.15, 0.2) is 48.5 Å². The number of anilines is 3. The molecule has 0 heterocycles. The van der Waals surface area contributed by atoms with E-state index >= 15 is 0 Å². The molecule has 0 saturated carbocycles. The molecule has 0 spiro atoms. The molecule has 0 aliphatic heterocycles. The molecule has 3 nitrogen and oxygen atoms in total. The van der Waals surface area contributed by atoms with Crippen LogP contribution < -0.4 is 15.8 Å². The Bertz CT molecular complexity index is 483. The summed E-state index contributed by atoms with van der Waals surface area (Å²) in [6.45, 7) is 2.59. The van der Waals surface area contributed by atoms with Crippen molar-refractivity contribution in [2.24, 2.45) is 0 Å². The van der Waals surface area contributed by atoms with Gasteiger partial charge in [0.15, 0.2) is 0 Å². The third-order valence-electron chi connectivity index (χ3n) is 2.39. The highest BCUT2D eigenvalue weighted by Gasteiger charge is 2.01. The predicted molar refractivity (Wildman–Crippen MR) is 71.7 cm³/mol. The van der Waals surface area contributed by atoms with Crippen molar-refractivity contribution < 1.29 is 4.74 Å². The standard InChI is InChI=1S/C14H16N2O/c1-2-17-12-8-9-14(13(15)10-12)16-11-6-4-3-5-7-11/h3-10,16H,2,15H2,1H3. The van der Waals surface area contributed by atoms with Crippen LogP contribution in [0.5, 0.6) is 5.75 Å². The van der Waals surface area contributed by atoms with Crippen molar-refractivity contribution in [1.29, 1.82) is 0 Å². The van der Waals surface area contributed by atoms with Crippen molar-refractivity contribution >= 4 is 17.1 Å². The van der Waals surface area contributed by atoms with Crippen molar-refractivity contribution in [3.05, 3.63) is 48.5 Å². The zero-order valence-corrected chi connectivity index (χ0v) is 9.81. The minimum Gasteiger partial charge on any atom is -0.494 e. The molecule has 0 aliphatic rings. The summed E-state index contributed by atoms with van der Waals surface area (Å²) in [6.07, 6.45) is 0. The summed E-state index contributed by atoms with van der Waals surface area (Å²) >= 11 is 0. The lowest BCUT2D eigenvalue weighted by atomic mass is 10.2. The average Bonchev–Trinajstić information content (AvgIpc) is 2.34. The normalized spacial score (nSPS) is 9.94. The summed E-state index contributed by atoms with van der Waals surface area (Å²) < 4.78 is 5.38. The summed E-state index contributed by atoms with van der Waals surface area (Å²) in [5.74, 6) is 0.795. The summed E-state index contributed by atoms with van der Waals surface area (Å²) in [5.41, 5.74) is 8.54. The molecule has 0 atom stereocenters. The maximum atomic E-state index is 5.96. The molecule has 0 unspecified atom stereocenters. The number of hydrogen-bond acceptors (Lipinski definition) is 3. The van der Waals surface area contributed by atoms with Crippen LogP contribution in [0, 0.1) is 0 Å². The molecule has 2 rings (SSSR count). The number of nitrogens with two attached hydrogens (primary N) is 1. The third kappa shape index (κ3) is 2.91. The average molecular weight is 228 g/mol.